The summed E-state index contributed by atoms with van der Waals surface area (Å²) in [6.45, 7) is 5.69. The van der Waals surface area contributed by atoms with E-state index in [1.807, 2.05) is 25.1 Å². The lowest BCUT2D eigenvalue weighted by molar-refractivity contribution is 0.827. The maximum absolute atomic E-state index is 6.11. The lowest BCUT2D eigenvalue weighted by Gasteiger charge is -2.20. The number of nitrogens with one attached hydrogen (secondary N) is 2. The minimum absolute atomic E-state index is 0.599. The van der Waals surface area contributed by atoms with Crippen molar-refractivity contribution in [2.75, 3.05) is 30.4 Å². The molecule has 0 aliphatic rings. The number of halogens is 1. The van der Waals surface area contributed by atoms with Gasteiger partial charge in [0.15, 0.2) is 5.11 Å². The Kier molecular flexibility index (Phi) is 6.25. The third-order valence-electron chi connectivity index (χ3n) is 3.64. The first kappa shape index (κ1) is 17.6. The van der Waals surface area contributed by atoms with Crippen molar-refractivity contribution in [3.05, 3.63) is 58.6 Å². The maximum Gasteiger partial charge on any atom is 0.170 e. The summed E-state index contributed by atoms with van der Waals surface area (Å²) in [6.07, 6.45) is 0. The molecule has 0 bridgehead atoms. The third-order valence-corrected chi connectivity index (χ3v) is 4.29. The van der Waals surface area contributed by atoms with E-state index in [-0.39, 0.29) is 0 Å². The van der Waals surface area contributed by atoms with E-state index in [0.717, 1.165) is 29.4 Å². The molecular formula is C18H22ClN3S. The van der Waals surface area contributed by atoms with E-state index >= 15 is 0 Å². The van der Waals surface area contributed by atoms with Gasteiger partial charge in [0.2, 0.25) is 0 Å². The number of anilines is 2. The molecule has 0 saturated heterocycles. The Morgan fingerprint density at radius 2 is 1.83 bits per heavy atom. The molecule has 0 atom stereocenters. The SMILES string of the molecule is Cc1ccc(N(C)CCNC(=S)Nc2ccc(C)c(Cl)c2)cc1. The highest BCUT2D eigenvalue weighted by atomic mass is 35.5. The van der Waals surface area contributed by atoms with Crippen molar-refractivity contribution >= 4 is 40.3 Å². The first-order valence-corrected chi connectivity index (χ1v) is 8.33. The van der Waals surface area contributed by atoms with Crippen LogP contribution in [0, 0.1) is 13.8 Å². The summed E-state index contributed by atoms with van der Waals surface area (Å²) in [6, 6.07) is 14.3. The van der Waals surface area contributed by atoms with Crippen LogP contribution in [0.4, 0.5) is 11.4 Å². The highest BCUT2D eigenvalue weighted by molar-refractivity contribution is 7.80. The number of rotatable bonds is 5. The summed E-state index contributed by atoms with van der Waals surface area (Å²) < 4.78 is 0. The number of benzene rings is 2. The van der Waals surface area contributed by atoms with Gasteiger partial charge in [-0.3, -0.25) is 0 Å². The van der Waals surface area contributed by atoms with Gasteiger partial charge < -0.3 is 15.5 Å². The van der Waals surface area contributed by atoms with Crippen LogP contribution in [-0.4, -0.2) is 25.2 Å². The Hall–Kier alpha value is -1.78. The van der Waals surface area contributed by atoms with E-state index in [1.165, 1.54) is 11.3 Å². The molecule has 2 rings (SSSR count). The van der Waals surface area contributed by atoms with E-state index in [2.05, 4.69) is 53.8 Å². The van der Waals surface area contributed by atoms with E-state index in [4.69, 9.17) is 23.8 Å². The Morgan fingerprint density at radius 1 is 1.13 bits per heavy atom. The third kappa shape index (κ3) is 5.41. The van der Waals surface area contributed by atoms with Gasteiger partial charge in [0, 0.05) is 36.5 Å². The van der Waals surface area contributed by atoms with Crippen LogP contribution in [0.25, 0.3) is 0 Å². The number of likely N-dealkylation sites (N-methyl/N-ethyl adjacent to an activating group) is 1. The number of hydrogen-bond acceptors (Lipinski definition) is 2. The van der Waals surface area contributed by atoms with Crippen LogP contribution < -0.4 is 15.5 Å². The molecule has 3 nitrogen and oxygen atoms in total. The number of hydrogen-bond donors (Lipinski definition) is 2. The smallest absolute Gasteiger partial charge is 0.170 e. The van der Waals surface area contributed by atoms with Gasteiger partial charge in [-0.1, -0.05) is 35.4 Å². The summed E-state index contributed by atoms with van der Waals surface area (Å²) in [7, 11) is 2.07. The summed E-state index contributed by atoms with van der Waals surface area (Å²) in [5.41, 5.74) is 4.41. The second-order valence-electron chi connectivity index (χ2n) is 5.60. The van der Waals surface area contributed by atoms with Gasteiger partial charge in [0.25, 0.3) is 0 Å². The Balaban J connectivity index is 1.78. The molecule has 2 aromatic carbocycles. The standard InChI is InChI=1S/C18H22ClN3S/c1-13-4-8-16(9-5-13)22(3)11-10-20-18(23)21-15-7-6-14(2)17(19)12-15/h4-9,12H,10-11H2,1-3H3,(H2,20,21,23). The molecule has 0 heterocycles. The normalized spacial score (nSPS) is 10.3. The zero-order valence-electron chi connectivity index (χ0n) is 13.7. The van der Waals surface area contributed by atoms with Crippen molar-refractivity contribution in [1.29, 1.82) is 0 Å². The molecule has 0 aliphatic heterocycles. The van der Waals surface area contributed by atoms with Crippen molar-refractivity contribution in [2.45, 2.75) is 13.8 Å². The number of aryl methyl sites for hydroxylation is 2. The fourth-order valence-corrected chi connectivity index (χ4v) is 2.51. The fourth-order valence-electron chi connectivity index (χ4n) is 2.11. The molecule has 0 aromatic heterocycles. The first-order valence-electron chi connectivity index (χ1n) is 7.54. The molecule has 5 heteroatoms. The maximum atomic E-state index is 6.11. The molecule has 0 radical (unpaired) electrons. The van der Waals surface area contributed by atoms with Crippen molar-refractivity contribution in [1.82, 2.24) is 5.32 Å². The molecule has 0 unspecified atom stereocenters. The summed E-state index contributed by atoms with van der Waals surface area (Å²) in [4.78, 5) is 2.19. The van der Waals surface area contributed by atoms with Crippen molar-refractivity contribution in [3.63, 3.8) is 0 Å². The van der Waals surface area contributed by atoms with Crippen molar-refractivity contribution in [2.24, 2.45) is 0 Å². The fraction of sp³-hybridized carbons (Fsp3) is 0.278. The van der Waals surface area contributed by atoms with E-state index in [0.29, 0.717) is 5.11 Å². The van der Waals surface area contributed by atoms with Gasteiger partial charge in [-0.05, 0) is 55.9 Å². The molecule has 2 N–H and O–H groups in total. The zero-order valence-corrected chi connectivity index (χ0v) is 15.3. The van der Waals surface area contributed by atoms with Crippen LogP contribution in [0.3, 0.4) is 0 Å². The van der Waals surface area contributed by atoms with Gasteiger partial charge in [-0.25, -0.2) is 0 Å². The highest BCUT2D eigenvalue weighted by Crippen LogP contribution is 2.19. The van der Waals surface area contributed by atoms with E-state index in [1.54, 1.807) is 0 Å². The predicted octanol–water partition coefficient (Wildman–Crippen LogP) is 4.38. The van der Waals surface area contributed by atoms with Gasteiger partial charge in [0.05, 0.1) is 0 Å². The Labute approximate surface area is 148 Å². The predicted molar refractivity (Wildman–Crippen MR) is 105 cm³/mol. The monoisotopic (exact) mass is 347 g/mol. The Morgan fingerprint density at radius 3 is 2.48 bits per heavy atom. The quantitative estimate of drug-likeness (QED) is 0.785. The minimum Gasteiger partial charge on any atom is -0.373 e. The highest BCUT2D eigenvalue weighted by Gasteiger charge is 2.03. The molecule has 0 fully saturated rings. The van der Waals surface area contributed by atoms with Crippen LogP contribution in [0.1, 0.15) is 11.1 Å². The van der Waals surface area contributed by atoms with Crippen LogP contribution in [0.5, 0.6) is 0 Å². The molecular weight excluding hydrogens is 326 g/mol. The van der Waals surface area contributed by atoms with Gasteiger partial charge in [-0.15, -0.1) is 0 Å². The van der Waals surface area contributed by atoms with E-state index in [9.17, 15) is 0 Å². The van der Waals surface area contributed by atoms with Crippen molar-refractivity contribution < 1.29 is 0 Å². The summed E-state index contributed by atoms with van der Waals surface area (Å²) >= 11 is 11.4. The van der Waals surface area contributed by atoms with Gasteiger partial charge in [0.1, 0.15) is 0 Å². The van der Waals surface area contributed by atoms with Crippen LogP contribution >= 0.6 is 23.8 Å². The molecule has 2 aromatic rings. The summed E-state index contributed by atoms with van der Waals surface area (Å²) in [5, 5.41) is 7.69. The number of thiocarbonyl (C=S) groups is 1. The second-order valence-corrected chi connectivity index (χ2v) is 6.42. The first-order chi connectivity index (χ1) is 11.0. The molecule has 0 aliphatic carbocycles. The van der Waals surface area contributed by atoms with Crippen LogP contribution in [-0.2, 0) is 0 Å². The summed E-state index contributed by atoms with van der Waals surface area (Å²) in [5.74, 6) is 0. The topological polar surface area (TPSA) is 27.3 Å². The van der Waals surface area contributed by atoms with Gasteiger partial charge in [-0.2, -0.15) is 0 Å². The Bertz CT molecular complexity index is 670. The molecule has 0 saturated carbocycles. The molecule has 122 valence electrons. The van der Waals surface area contributed by atoms with E-state index < -0.39 is 0 Å². The minimum atomic E-state index is 0.599. The molecule has 0 amide bonds. The largest absolute Gasteiger partial charge is 0.373 e. The lowest BCUT2D eigenvalue weighted by Crippen LogP contribution is -2.35. The average molecular weight is 348 g/mol. The molecule has 23 heavy (non-hydrogen) atoms. The second kappa shape index (κ2) is 8.18. The average Bonchev–Trinajstić information content (AvgIpc) is 2.51. The van der Waals surface area contributed by atoms with Crippen LogP contribution in [0.2, 0.25) is 5.02 Å². The molecule has 0 spiro atoms. The van der Waals surface area contributed by atoms with Crippen molar-refractivity contribution in [3.8, 4) is 0 Å². The van der Waals surface area contributed by atoms with Gasteiger partial charge >= 0.3 is 0 Å². The van der Waals surface area contributed by atoms with Crippen LogP contribution in [0.15, 0.2) is 42.5 Å². The lowest BCUT2D eigenvalue weighted by atomic mass is 10.2. The zero-order chi connectivity index (χ0) is 16.8. The number of nitrogens with zero attached hydrogens (tertiary/aromatic N) is 1.